The van der Waals surface area contributed by atoms with Crippen molar-refractivity contribution in [3.63, 3.8) is 0 Å². The maximum absolute atomic E-state index is 12.6. The molecule has 5 nitrogen and oxygen atoms in total. The van der Waals surface area contributed by atoms with Crippen LogP contribution >= 0.6 is 0 Å². The first kappa shape index (κ1) is 21.0. The highest BCUT2D eigenvalue weighted by molar-refractivity contribution is 7.89. The number of nitrogens with one attached hydrogen (secondary N) is 1. The van der Waals surface area contributed by atoms with Gasteiger partial charge >= 0.3 is 0 Å². The van der Waals surface area contributed by atoms with Gasteiger partial charge in [-0.05, 0) is 65.9 Å². The van der Waals surface area contributed by atoms with E-state index >= 15 is 0 Å². The quantitative estimate of drug-likeness (QED) is 0.570. The fourth-order valence-corrected chi connectivity index (χ4v) is 5.11. The van der Waals surface area contributed by atoms with Crippen molar-refractivity contribution in [2.24, 2.45) is 0 Å². The number of nitrogens with zero attached hydrogens (tertiary/aromatic N) is 1. The molecule has 1 aliphatic rings. The van der Waals surface area contributed by atoms with Crippen molar-refractivity contribution in [2.75, 3.05) is 18.4 Å². The Kier molecular flexibility index (Phi) is 6.30. The fraction of sp³-hybridized carbons (Fsp3) is 0.160. The number of amides is 1. The van der Waals surface area contributed by atoms with E-state index in [0.29, 0.717) is 18.8 Å². The molecule has 0 unspecified atom stereocenters. The average Bonchev–Trinajstić information content (AvgIpc) is 3.35. The summed E-state index contributed by atoms with van der Waals surface area (Å²) in [4.78, 5) is 12.6. The summed E-state index contributed by atoms with van der Waals surface area (Å²) < 4.78 is 26.7. The van der Waals surface area contributed by atoms with Crippen LogP contribution in [0.15, 0.2) is 89.8 Å². The first-order valence-electron chi connectivity index (χ1n) is 10.3. The summed E-state index contributed by atoms with van der Waals surface area (Å²) in [6.45, 7) is 1.13. The van der Waals surface area contributed by atoms with Crippen LogP contribution < -0.4 is 5.32 Å². The molecule has 3 aromatic rings. The van der Waals surface area contributed by atoms with E-state index in [4.69, 9.17) is 0 Å². The average molecular weight is 433 g/mol. The first-order valence-corrected chi connectivity index (χ1v) is 11.7. The molecule has 1 fully saturated rings. The van der Waals surface area contributed by atoms with Gasteiger partial charge in [0.15, 0.2) is 0 Å². The van der Waals surface area contributed by atoms with Crippen LogP contribution in [0.5, 0.6) is 0 Å². The fourth-order valence-electron chi connectivity index (χ4n) is 3.60. The number of hydrogen-bond donors (Lipinski definition) is 1. The Morgan fingerprint density at radius 2 is 1.52 bits per heavy atom. The summed E-state index contributed by atoms with van der Waals surface area (Å²) in [5.41, 5.74) is 3.67. The second-order valence-electron chi connectivity index (χ2n) is 7.45. The van der Waals surface area contributed by atoms with E-state index in [1.165, 1.54) is 22.5 Å². The van der Waals surface area contributed by atoms with Gasteiger partial charge in [0, 0.05) is 24.9 Å². The smallest absolute Gasteiger partial charge is 0.248 e. The van der Waals surface area contributed by atoms with Crippen LogP contribution in [0.25, 0.3) is 17.2 Å². The molecule has 0 aliphatic carbocycles. The zero-order valence-corrected chi connectivity index (χ0v) is 17.9. The first-order chi connectivity index (χ1) is 15.0. The van der Waals surface area contributed by atoms with Crippen molar-refractivity contribution in [2.45, 2.75) is 17.7 Å². The number of rotatable bonds is 6. The van der Waals surface area contributed by atoms with Gasteiger partial charge in [-0.25, -0.2) is 8.42 Å². The molecule has 4 rings (SSSR count). The summed E-state index contributed by atoms with van der Waals surface area (Å²) in [5, 5.41) is 2.77. The van der Waals surface area contributed by atoms with Crippen LogP contribution in [0, 0.1) is 0 Å². The maximum atomic E-state index is 12.6. The highest BCUT2D eigenvalue weighted by Crippen LogP contribution is 2.23. The number of carbonyl (C=O) groups is 1. The molecule has 1 saturated heterocycles. The van der Waals surface area contributed by atoms with Crippen molar-refractivity contribution in [1.82, 2.24) is 4.31 Å². The van der Waals surface area contributed by atoms with E-state index < -0.39 is 10.0 Å². The Labute approximate surface area is 183 Å². The predicted molar refractivity (Wildman–Crippen MR) is 124 cm³/mol. The van der Waals surface area contributed by atoms with Crippen LogP contribution in [0.3, 0.4) is 0 Å². The van der Waals surface area contributed by atoms with Crippen LogP contribution in [0.1, 0.15) is 18.4 Å². The van der Waals surface area contributed by atoms with Gasteiger partial charge in [0.25, 0.3) is 0 Å². The number of carbonyl (C=O) groups excluding carboxylic acids is 1. The number of sulfonamides is 1. The van der Waals surface area contributed by atoms with E-state index in [-0.39, 0.29) is 10.8 Å². The van der Waals surface area contributed by atoms with Crippen LogP contribution in [0.4, 0.5) is 5.69 Å². The van der Waals surface area contributed by atoms with Gasteiger partial charge in [-0.1, -0.05) is 48.5 Å². The Morgan fingerprint density at radius 1 is 0.839 bits per heavy atom. The number of anilines is 1. The molecule has 0 aromatic heterocycles. The molecular weight excluding hydrogens is 408 g/mol. The van der Waals surface area contributed by atoms with Crippen molar-refractivity contribution in [3.8, 4) is 11.1 Å². The SMILES string of the molecule is O=C(/C=C/c1cccc(-c2ccccc2)c1)Nc1ccc(S(=O)(=O)N2CCCC2)cc1. The highest BCUT2D eigenvalue weighted by atomic mass is 32.2. The second kappa shape index (κ2) is 9.29. The monoisotopic (exact) mass is 432 g/mol. The van der Waals surface area contributed by atoms with Gasteiger partial charge in [0.2, 0.25) is 15.9 Å². The van der Waals surface area contributed by atoms with Gasteiger partial charge in [0.1, 0.15) is 0 Å². The third-order valence-corrected chi connectivity index (χ3v) is 7.16. The Balaban J connectivity index is 1.40. The third kappa shape index (κ3) is 5.10. The summed E-state index contributed by atoms with van der Waals surface area (Å²) in [6.07, 6.45) is 5.02. The summed E-state index contributed by atoms with van der Waals surface area (Å²) in [5.74, 6) is -0.278. The molecule has 6 heteroatoms. The molecular formula is C25H24N2O3S. The van der Waals surface area contributed by atoms with Crippen LogP contribution in [-0.4, -0.2) is 31.7 Å². The van der Waals surface area contributed by atoms with E-state index in [1.807, 2.05) is 54.6 Å². The number of hydrogen-bond acceptors (Lipinski definition) is 3. The maximum Gasteiger partial charge on any atom is 0.248 e. The Morgan fingerprint density at radius 3 is 2.23 bits per heavy atom. The van der Waals surface area contributed by atoms with E-state index in [1.54, 1.807) is 18.2 Å². The van der Waals surface area contributed by atoms with E-state index in [9.17, 15) is 13.2 Å². The molecule has 0 atom stereocenters. The Hall–Kier alpha value is -3.22. The molecule has 1 amide bonds. The van der Waals surface area contributed by atoms with E-state index in [0.717, 1.165) is 29.5 Å². The van der Waals surface area contributed by atoms with Gasteiger partial charge in [-0.2, -0.15) is 4.31 Å². The van der Waals surface area contributed by atoms with Crippen molar-refractivity contribution < 1.29 is 13.2 Å². The van der Waals surface area contributed by atoms with Gasteiger partial charge < -0.3 is 5.32 Å². The lowest BCUT2D eigenvalue weighted by Gasteiger charge is -2.15. The third-order valence-electron chi connectivity index (χ3n) is 5.25. The summed E-state index contributed by atoms with van der Waals surface area (Å²) in [6, 6.07) is 24.3. The van der Waals surface area contributed by atoms with Crippen molar-refractivity contribution >= 4 is 27.7 Å². The summed E-state index contributed by atoms with van der Waals surface area (Å²) in [7, 11) is -3.45. The van der Waals surface area contributed by atoms with Crippen LogP contribution in [-0.2, 0) is 14.8 Å². The predicted octanol–water partition coefficient (Wildman–Crippen LogP) is 4.79. The molecule has 1 aliphatic heterocycles. The van der Waals surface area contributed by atoms with Crippen LogP contribution in [0.2, 0.25) is 0 Å². The molecule has 31 heavy (non-hydrogen) atoms. The largest absolute Gasteiger partial charge is 0.323 e. The highest BCUT2D eigenvalue weighted by Gasteiger charge is 2.26. The molecule has 1 N–H and O–H groups in total. The van der Waals surface area contributed by atoms with Crippen molar-refractivity contribution in [1.29, 1.82) is 0 Å². The second-order valence-corrected chi connectivity index (χ2v) is 9.39. The topological polar surface area (TPSA) is 66.5 Å². The minimum atomic E-state index is -3.45. The molecule has 3 aromatic carbocycles. The standard InChI is InChI=1S/C25H24N2O3S/c28-25(16-11-20-7-6-10-22(19-20)21-8-2-1-3-9-21)26-23-12-14-24(15-13-23)31(29,30)27-17-4-5-18-27/h1-3,6-16,19H,4-5,17-18H2,(H,26,28)/b16-11+. The molecule has 1 heterocycles. The molecule has 0 spiro atoms. The molecule has 0 radical (unpaired) electrons. The lowest BCUT2D eigenvalue weighted by molar-refractivity contribution is -0.111. The lowest BCUT2D eigenvalue weighted by atomic mass is 10.0. The lowest BCUT2D eigenvalue weighted by Crippen LogP contribution is -2.27. The Bertz CT molecular complexity index is 1180. The van der Waals surface area contributed by atoms with Gasteiger partial charge in [-0.3, -0.25) is 4.79 Å². The molecule has 0 saturated carbocycles. The zero-order valence-electron chi connectivity index (χ0n) is 17.1. The molecule has 158 valence electrons. The van der Waals surface area contributed by atoms with Gasteiger partial charge in [-0.15, -0.1) is 0 Å². The molecule has 0 bridgehead atoms. The summed E-state index contributed by atoms with van der Waals surface area (Å²) >= 11 is 0. The zero-order chi connectivity index (χ0) is 21.7. The normalized spacial score (nSPS) is 14.7. The minimum absolute atomic E-state index is 0.251. The van der Waals surface area contributed by atoms with Gasteiger partial charge in [0.05, 0.1) is 4.90 Å². The van der Waals surface area contributed by atoms with E-state index in [2.05, 4.69) is 5.32 Å². The van der Waals surface area contributed by atoms with Crippen molar-refractivity contribution in [3.05, 3.63) is 90.5 Å². The minimum Gasteiger partial charge on any atom is -0.323 e. The number of benzene rings is 3.